The van der Waals surface area contributed by atoms with Crippen molar-refractivity contribution in [3.8, 4) is 0 Å². The van der Waals surface area contributed by atoms with Crippen LogP contribution in [0.2, 0.25) is 0 Å². The predicted molar refractivity (Wildman–Crippen MR) is 61.4 cm³/mol. The molecule has 0 heterocycles. The molecule has 2 unspecified atom stereocenters. The SMILES string of the molecule is CCC1CCCC1Nc1cccc(F)c1F. The fourth-order valence-electron chi connectivity index (χ4n) is 2.53. The van der Waals surface area contributed by atoms with Gasteiger partial charge in [-0.2, -0.15) is 0 Å². The highest BCUT2D eigenvalue weighted by atomic mass is 19.2. The van der Waals surface area contributed by atoms with Gasteiger partial charge in [0.05, 0.1) is 5.69 Å². The van der Waals surface area contributed by atoms with Gasteiger partial charge in [0.1, 0.15) is 0 Å². The normalized spacial score (nSPS) is 24.7. The van der Waals surface area contributed by atoms with E-state index in [1.807, 2.05) is 0 Å². The van der Waals surface area contributed by atoms with Crippen LogP contribution in [0.25, 0.3) is 0 Å². The number of halogens is 2. The van der Waals surface area contributed by atoms with Gasteiger partial charge in [-0.15, -0.1) is 0 Å². The lowest BCUT2D eigenvalue weighted by Crippen LogP contribution is -2.24. The maximum absolute atomic E-state index is 13.4. The molecule has 0 bridgehead atoms. The molecule has 1 aromatic carbocycles. The standard InChI is InChI=1S/C13H17F2N/c1-2-9-5-3-7-11(9)16-12-8-4-6-10(14)13(12)15/h4,6,8-9,11,16H,2-3,5,7H2,1H3. The van der Waals surface area contributed by atoms with Crippen LogP contribution in [-0.2, 0) is 0 Å². The van der Waals surface area contributed by atoms with Crippen LogP contribution >= 0.6 is 0 Å². The van der Waals surface area contributed by atoms with Crippen molar-refractivity contribution in [3.05, 3.63) is 29.8 Å². The highest BCUT2D eigenvalue weighted by Crippen LogP contribution is 2.31. The molecule has 1 saturated carbocycles. The minimum atomic E-state index is -0.781. The topological polar surface area (TPSA) is 12.0 Å². The Morgan fingerprint density at radius 2 is 2.12 bits per heavy atom. The van der Waals surface area contributed by atoms with E-state index < -0.39 is 11.6 Å². The highest BCUT2D eigenvalue weighted by Gasteiger charge is 2.26. The average Bonchev–Trinajstić information content (AvgIpc) is 2.72. The summed E-state index contributed by atoms with van der Waals surface area (Å²) in [5.74, 6) is -0.956. The van der Waals surface area contributed by atoms with E-state index in [0.29, 0.717) is 17.6 Å². The Hall–Kier alpha value is -1.12. The molecule has 1 nitrogen and oxygen atoms in total. The summed E-state index contributed by atoms with van der Waals surface area (Å²) in [6.07, 6.45) is 4.50. The molecule has 0 amide bonds. The van der Waals surface area contributed by atoms with Gasteiger partial charge in [-0.05, 0) is 30.9 Å². The first-order valence-corrected chi connectivity index (χ1v) is 5.93. The Kier molecular flexibility index (Phi) is 3.42. The fourth-order valence-corrected chi connectivity index (χ4v) is 2.53. The number of hydrogen-bond donors (Lipinski definition) is 1. The van der Waals surface area contributed by atoms with Crippen molar-refractivity contribution in [2.75, 3.05) is 5.32 Å². The third kappa shape index (κ3) is 2.18. The number of nitrogens with one attached hydrogen (secondary N) is 1. The zero-order chi connectivity index (χ0) is 11.5. The van der Waals surface area contributed by atoms with Crippen LogP contribution in [0.3, 0.4) is 0 Å². The lowest BCUT2D eigenvalue weighted by Gasteiger charge is -2.21. The molecule has 2 rings (SSSR count). The molecule has 2 atom stereocenters. The molecular weight excluding hydrogens is 208 g/mol. The molecule has 88 valence electrons. The summed E-state index contributed by atoms with van der Waals surface area (Å²) in [4.78, 5) is 0. The molecule has 0 aromatic heterocycles. The maximum atomic E-state index is 13.4. The van der Waals surface area contributed by atoms with Gasteiger partial charge in [0.25, 0.3) is 0 Å². The number of hydrogen-bond acceptors (Lipinski definition) is 1. The lowest BCUT2D eigenvalue weighted by atomic mass is 10.0. The Bertz CT molecular complexity index is 365. The average molecular weight is 225 g/mol. The Labute approximate surface area is 94.9 Å². The summed E-state index contributed by atoms with van der Waals surface area (Å²) in [5, 5.41) is 3.14. The Morgan fingerprint density at radius 1 is 1.31 bits per heavy atom. The van der Waals surface area contributed by atoms with Crippen molar-refractivity contribution >= 4 is 5.69 Å². The molecule has 16 heavy (non-hydrogen) atoms. The van der Waals surface area contributed by atoms with Gasteiger partial charge in [0.2, 0.25) is 0 Å². The fraction of sp³-hybridized carbons (Fsp3) is 0.538. The summed E-state index contributed by atoms with van der Waals surface area (Å²) >= 11 is 0. The van der Waals surface area contributed by atoms with E-state index in [1.165, 1.54) is 18.9 Å². The molecule has 1 aliphatic carbocycles. The van der Waals surface area contributed by atoms with Crippen LogP contribution in [0.5, 0.6) is 0 Å². The first-order valence-electron chi connectivity index (χ1n) is 5.93. The Morgan fingerprint density at radius 3 is 2.88 bits per heavy atom. The lowest BCUT2D eigenvalue weighted by molar-refractivity contribution is 0.479. The van der Waals surface area contributed by atoms with E-state index in [0.717, 1.165) is 18.9 Å². The van der Waals surface area contributed by atoms with Gasteiger partial charge >= 0.3 is 0 Å². The van der Waals surface area contributed by atoms with Gasteiger partial charge in [0.15, 0.2) is 11.6 Å². The molecule has 0 saturated heterocycles. The quantitative estimate of drug-likeness (QED) is 0.821. The number of rotatable bonds is 3. The summed E-state index contributed by atoms with van der Waals surface area (Å²) in [5.41, 5.74) is 0.297. The van der Waals surface area contributed by atoms with E-state index in [1.54, 1.807) is 6.07 Å². The minimum absolute atomic E-state index is 0.293. The third-order valence-corrected chi connectivity index (χ3v) is 3.48. The molecule has 0 spiro atoms. The van der Waals surface area contributed by atoms with Crippen LogP contribution in [0.1, 0.15) is 32.6 Å². The number of benzene rings is 1. The van der Waals surface area contributed by atoms with Crippen molar-refractivity contribution in [3.63, 3.8) is 0 Å². The van der Waals surface area contributed by atoms with Gasteiger partial charge < -0.3 is 5.32 Å². The minimum Gasteiger partial charge on any atom is -0.380 e. The van der Waals surface area contributed by atoms with Crippen molar-refractivity contribution in [2.45, 2.75) is 38.6 Å². The van der Waals surface area contributed by atoms with Gasteiger partial charge in [-0.1, -0.05) is 25.8 Å². The summed E-state index contributed by atoms with van der Waals surface area (Å²) in [6.45, 7) is 2.15. The second kappa shape index (κ2) is 4.81. The van der Waals surface area contributed by atoms with Crippen molar-refractivity contribution < 1.29 is 8.78 Å². The van der Waals surface area contributed by atoms with Gasteiger partial charge in [0, 0.05) is 6.04 Å². The van der Waals surface area contributed by atoms with Crippen molar-refractivity contribution in [1.82, 2.24) is 0 Å². The molecular formula is C13H17F2N. The van der Waals surface area contributed by atoms with E-state index >= 15 is 0 Å². The third-order valence-electron chi connectivity index (χ3n) is 3.48. The van der Waals surface area contributed by atoms with Crippen LogP contribution in [-0.4, -0.2) is 6.04 Å². The second-order valence-corrected chi connectivity index (χ2v) is 4.45. The van der Waals surface area contributed by atoms with Crippen molar-refractivity contribution in [1.29, 1.82) is 0 Å². The van der Waals surface area contributed by atoms with Crippen LogP contribution < -0.4 is 5.32 Å². The monoisotopic (exact) mass is 225 g/mol. The zero-order valence-electron chi connectivity index (χ0n) is 9.47. The van der Waals surface area contributed by atoms with E-state index in [-0.39, 0.29) is 0 Å². The summed E-state index contributed by atoms with van der Waals surface area (Å²) in [6, 6.07) is 4.58. The first-order chi connectivity index (χ1) is 7.72. The first kappa shape index (κ1) is 11.4. The van der Waals surface area contributed by atoms with E-state index in [2.05, 4.69) is 12.2 Å². The Balaban J connectivity index is 2.11. The zero-order valence-corrected chi connectivity index (χ0v) is 9.47. The van der Waals surface area contributed by atoms with E-state index in [9.17, 15) is 8.78 Å². The van der Waals surface area contributed by atoms with Crippen LogP contribution in [0, 0.1) is 17.6 Å². The summed E-state index contributed by atoms with van der Waals surface area (Å²) < 4.78 is 26.5. The number of anilines is 1. The molecule has 1 fully saturated rings. The molecule has 0 radical (unpaired) electrons. The van der Waals surface area contributed by atoms with E-state index in [4.69, 9.17) is 0 Å². The molecule has 1 aromatic rings. The maximum Gasteiger partial charge on any atom is 0.181 e. The molecule has 0 aliphatic heterocycles. The van der Waals surface area contributed by atoms with Crippen LogP contribution in [0.15, 0.2) is 18.2 Å². The second-order valence-electron chi connectivity index (χ2n) is 4.45. The molecule has 1 N–H and O–H groups in total. The van der Waals surface area contributed by atoms with Crippen molar-refractivity contribution in [2.24, 2.45) is 5.92 Å². The summed E-state index contributed by atoms with van der Waals surface area (Å²) in [7, 11) is 0. The smallest absolute Gasteiger partial charge is 0.181 e. The molecule has 3 heteroatoms. The van der Waals surface area contributed by atoms with Gasteiger partial charge in [-0.25, -0.2) is 8.78 Å². The largest absolute Gasteiger partial charge is 0.380 e. The predicted octanol–water partition coefficient (Wildman–Crippen LogP) is 3.96. The van der Waals surface area contributed by atoms with Gasteiger partial charge in [-0.3, -0.25) is 0 Å². The van der Waals surface area contributed by atoms with Crippen LogP contribution in [0.4, 0.5) is 14.5 Å². The highest BCUT2D eigenvalue weighted by molar-refractivity contribution is 5.46. The molecule has 1 aliphatic rings.